The standard InChI is InChI=1S/C24H25NO2/c26-23(21-11-5-2-6-12-21)16-14-20-10-7-13-22(18-20)25-24(27)17-15-19-8-3-1-4-9-19/h1-13,18,23,26H,14-17H2,(H,25,27). The van der Waals surface area contributed by atoms with Crippen LogP contribution >= 0.6 is 0 Å². The van der Waals surface area contributed by atoms with Crippen LogP contribution in [-0.4, -0.2) is 11.0 Å². The first-order valence-electron chi connectivity index (χ1n) is 9.36. The van der Waals surface area contributed by atoms with Crippen LogP contribution in [0.5, 0.6) is 0 Å². The van der Waals surface area contributed by atoms with Gasteiger partial charge in [-0.05, 0) is 48.1 Å². The highest BCUT2D eigenvalue weighted by Crippen LogP contribution is 2.20. The molecule has 0 saturated carbocycles. The van der Waals surface area contributed by atoms with Crippen LogP contribution in [0.3, 0.4) is 0 Å². The number of aryl methyl sites for hydroxylation is 2. The molecule has 27 heavy (non-hydrogen) atoms. The lowest BCUT2D eigenvalue weighted by molar-refractivity contribution is -0.116. The summed E-state index contributed by atoms with van der Waals surface area (Å²) in [4.78, 5) is 12.2. The Bertz CT molecular complexity index is 847. The normalized spacial score (nSPS) is 11.7. The fraction of sp³-hybridized carbons (Fsp3) is 0.208. The summed E-state index contributed by atoms with van der Waals surface area (Å²) < 4.78 is 0. The number of aliphatic hydroxyl groups is 1. The predicted molar refractivity (Wildman–Crippen MR) is 110 cm³/mol. The van der Waals surface area contributed by atoms with Gasteiger partial charge in [0.1, 0.15) is 0 Å². The molecule has 0 fully saturated rings. The van der Waals surface area contributed by atoms with Crippen LogP contribution in [0.15, 0.2) is 84.9 Å². The van der Waals surface area contributed by atoms with Crippen molar-refractivity contribution in [2.24, 2.45) is 0 Å². The molecule has 0 aliphatic carbocycles. The van der Waals surface area contributed by atoms with Crippen molar-refractivity contribution in [2.45, 2.75) is 31.8 Å². The number of amides is 1. The van der Waals surface area contributed by atoms with E-state index in [4.69, 9.17) is 0 Å². The lowest BCUT2D eigenvalue weighted by atomic mass is 10.0. The van der Waals surface area contributed by atoms with E-state index in [1.165, 1.54) is 0 Å². The number of benzene rings is 3. The van der Waals surface area contributed by atoms with E-state index in [0.29, 0.717) is 12.8 Å². The highest BCUT2D eigenvalue weighted by Gasteiger charge is 2.08. The molecule has 2 N–H and O–H groups in total. The van der Waals surface area contributed by atoms with Gasteiger partial charge in [0.25, 0.3) is 0 Å². The molecule has 3 nitrogen and oxygen atoms in total. The van der Waals surface area contributed by atoms with Crippen LogP contribution < -0.4 is 5.32 Å². The number of hydrogen-bond acceptors (Lipinski definition) is 2. The van der Waals surface area contributed by atoms with Gasteiger partial charge in [-0.1, -0.05) is 72.8 Å². The average molecular weight is 359 g/mol. The van der Waals surface area contributed by atoms with Gasteiger partial charge >= 0.3 is 0 Å². The highest BCUT2D eigenvalue weighted by molar-refractivity contribution is 5.90. The van der Waals surface area contributed by atoms with Gasteiger partial charge in [-0.3, -0.25) is 4.79 Å². The van der Waals surface area contributed by atoms with Crippen LogP contribution in [0.4, 0.5) is 5.69 Å². The second kappa shape index (κ2) is 9.70. The van der Waals surface area contributed by atoms with Crippen molar-refractivity contribution >= 4 is 11.6 Å². The third-order valence-corrected chi connectivity index (χ3v) is 4.59. The van der Waals surface area contributed by atoms with E-state index in [1.54, 1.807) is 0 Å². The molecule has 3 aromatic rings. The molecular weight excluding hydrogens is 334 g/mol. The number of rotatable bonds is 8. The van der Waals surface area contributed by atoms with Crippen molar-refractivity contribution < 1.29 is 9.90 Å². The summed E-state index contributed by atoms with van der Waals surface area (Å²) in [5.41, 5.74) is 4.00. The van der Waals surface area contributed by atoms with E-state index in [1.807, 2.05) is 84.9 Å². The molecule has 0 saturated heterocycles. The lowest BCUT2D eigenvalue weighted by Crippen LogP contribution is -2.12. The Morgan fingerprint density at radius 2 is 1.48 bits per heavy atom. The Labute approximate surface area is 160 Å². The molecule has 3 heteroatoms. The van der Waals surface area contributed by atoms with E-state index in [2.05, 4.69) is 5.32 Å². The molecule has 3 aromatic carbocycles. The Balaban J connectivity index is 1.50. The van der Waals surface area contributed by atoms with Gasteiger partial charge in [0, 0.05) is 12.1 Å². The van der Waals surface area contributed by atoms with Gasteiger partial charge in [-0.25, -0.2) is 0 Å². The number of aliphatic hydroxyl groups excluding tert-OH is 1. The first-order chi connectivity index (χ1) is 13.2. The quantitative estimate of drug-likeness (QED) is 0.599. The summed E-state index contributed by atoms with van der Waals surface area (Å²) in [5, 5.41) is 13.3. The van der Waals surface area contributed by atoms with Crippen LogP contribution in [0.25, 0.3) is 0 Å². The summed E-state index contributed by atoms with van der Waals surface area (Å²) in [7, 11) is 0. The minimum absolute atomic E-state index is 0.0142. The topological polar surface area (TPSA) is 49.3 Å². The minimum Gasteiger partial charge on any atom is -0.388 e. The van der Waals surface area contributed by atoms with Crippen LogP contribution in [0.1, 0.15) is 35.6 Å². The number of carbonyl (C=O) groups is 1. The molecule has 1 unspecified atom stereocenters. The van der Waals surface area contributed by atoms with Gasteiger partial charge in [0.2, 0.25) is 5.91 Å². The first kappa shape index (κ1) is 18.9. The van der Waals surface area contributed by atoms with Gasteiger partial charge < -0.3 is 10.4 Å². The zero-order valence-corrected chi connectivity index (χ0v) is 15.3. The van der Waals surface area contributed by atoms with Crippen molar-refractivity contribution in [3.63, 3.8) is 0 Å². The molecule has 0 aliphatic heterocycles. The number of anilines is 1. The summed E-state index contributed by atoms with van der Waals surface area (Å²) in [5.74, 6) is 0.0142. The first-order valence-corrected chi connectivity index (χ1v) is 9.36. The molecule has 0 aromatic heterocycles. The van der Waals surface area contributed by atoms with E-state index in [9.17, 15) is 9.90 Å². The molecule has 0 bridgehead atoms. The summed E-state index contributed by atoms with van der Waals surface area (Å²) in [6, 6.07) is 27.6. The van der Waals surface area contributed by atoms with E-state index in [0.717, 1.165) is 35.2 Å². The van der Waals surface area contributed by atoms with E-state index < -0.39 is 6.10 Å². The van der Waals surface area contributed by atoms with Gasteiger partial charge in [0.15, 0.2) is 0 Å². The smallest absolute Gasteiger partial charge is 0.224 e. The van der Waals surface area contributed by atoms with Crippen molar-refractivity contribution in [3.8, 4) is 0 Å². The maximum atomic E-state index is 12.2. The second-order valence-electron chi connectivity index (χ2n) is 6.70. The largest absolute Gasteiger partial charge is 0.388 e. The Morgan fingerprint density at radius 3 is 2.22 bits per heavy atom. The molecule has 3 rings (SSSR count). The molecule has 0 aliphatic rings. The SMILES string of the molecule is O=C(CCc1ccccc1)Nc1cccc(CCC(O)c2ccccc2)c1. The number of carbonyl (C=O) groups excluding carboxylic acids is 1. The van der Waals surface area contributed by atoms with E-state index in [-0.39, 0.29) is 5.91 Å². The molecule has 0 spiro atoms. The third kappa shape index (κ3) is 6.08. The molecule has 1 atom stereocenters. The predicted octanol–water partition coefficient (Wildman–Crippen LogP) is 4.92. The molecule has 0 heterocycles. The Hall–Kier alpha value is -2.91. The summed E-state index contributed by atoms with van der Waals surface area (Å²) in [6.07, 6.45) is 2.12. The maximum Gasteiger partial charge on any atom is 0.224 e. The Kier molecular flexibility index (Phi) is 6.78. The molecule has 0 radical (unpaired) electrons. The Morgan fingerprint density at radius 1 is 0.815 bits per heavy atom. The van der Waals surface area contributed by atoms with Gasteiger partial charge in [-0.2, -0.15) is 0 Å². The molecule has 138 valence electrons. The minimum atomic E-state index is -0.477. The van der Waals surface area contributed by atoms with Gasteiger partial charge in [0.05, 0.1) is 6.10 Å². The zero-order chi connectivity index (χ0) is 18.9. The fourth-order valence-electron chi connectivity index (χ4n) is 3.08. The van der Waals surface area contributed by atoms with Crippen LogP contribution in [-0.2, 0) is 17.6 Å². The van der Waals surface area contributed by atoms with Crippen molar-refractivity contribution in [1.29, 1.82) is 0 Å². The lowest BCUT2D eigenvalue weighted by Gasteiger charge is -2.12. The average Bonchev–Trinajstić information content (AvgIpc) is 2.72. The zero-order valence-electron chi connectivity index (χ0n) is 15.3. The monoisotopic (exact) mass is 359 g/mol. The summed E-state index contributed by atoms with van der Waals surface area (Å²) in [6.45, 7) is 0. The highest BCUT2D eigenvalue weighted by atomic mass is 16.3. The van der Waals surface area contributed by atoms with E-state index >= 15 is 0 Å². The van der Waals surface area contributed by atoms with Crippen LogP contribution in [0, 0.1) is 0 Å². The molecular formula is C24H25NO2. The fourth-order valence-corrected chi connectivity index (χ4v) is 3.08. The van der Waals surface area contributed by atoms with Gasteiger partial charge in [-0.15, -0.1) is 0 Å². The third-order valence-electron chi connectivity index (χ3n) is 4.59. The maximum absolute atomic E-state index is 12.2. The van der Waals surface area contributed by atoms with Crippen LogP contribution in [0.2, 0.25) is 0 Å². The second-order valence-corrected chi connectivity index (χ2v) is 6.70. The summed E-state index contributed by atoms with van der Waals surface area (Å²) >= 11 is 0. The number of hydrogen-bond donors (Lipinski definition) is 2. The van der Waals surface area contributed by atoms with Crippen molar-refractivity contribution in [2.75, 3.05) is 5.32 Å². The van der Waals surface area contributed by atoms with Crippen molar-refractivity contribution in [1.82, 2.24) is 0 Å². The number of nitrogens with one attached hydrogen (secondary N) is 1. The van der Waals surface area contributed by atoms with Crippen molar-refractivity contribution in [3.05, 3.63) is 102 Å². The molecule has 1 amide bonds.